The number of likely N-dealkylation sites (tertiary alicyclic amines) is 1. The molecule has 0 spiro atoms. The molecule has 0 aromatic heterocycles. The molecule has 2 aliphatic rings. The van der Waals surface area contributed by atoms with Gasteiger partial charge in [0.25, 0.3) is 5.91 Å². The Kier molecular flexibility index (Phi) is 6.62. The van der Waals surface area contributed by atoms with Crippen LogP contribution in [-0.2, 0) is 9.53 Å². The van der Waals surface area contributed by atoms with Crippen molar-refractivity contribution in [3.63, 3.8) is 0 Å². The van der Waals surface area contributed by atoms with Gasteiger partial charge >= 0.3 is 12.1 Å². The maximum atomic E-state index is 13.2. The lowest BCUT2D eigenvalue weighted by Crippen LogP contribution is -2.51. The third-order valence-electron chi connectivity index (χ3n) is 5.85. The van der Waals surface area contributed by atoms with Crippen LogP contribution in [0.2, 0.25) is 5.02 Å². The van der Waals surface area contributed by atoms with Crippen molar-refractivity contribution in [1.29, 1.82) is 0 Å². The van der Waals surface area contributed by atoms with Crippen molar-refractivity contribution < 1.29 is 19.1 Å². The first-order valence-corrected chi connectivity index (χ1v) is 10.9. The van der Waals surface area contributed by atoms with Crippen LogP contribution < -0.4 is 15.5 Å². The molecule has 2 heterocycles. The molecule has 5 amide bonds. The SMILES string of the molecule is NC(=O)N(C(=O)N1CCCC(c2ccc(N3CCOCC3=O)cc2)C1)c1ccc(Cl)cc1. The number of primary amides is 1. The third kappa shape index (κ3) is 4.71. The predicted octanol–water partition coefficient (Wildman–Crippen LogP) is 3.59. The monoisotopic (exact) mass is 456 g/mol. The van der Waals surface area contributed by atoms with Crippen LogP contribution in [0, 0.1) is 0 Å². The number of amides is 5. The number of piperidine rings is 1. The summed E-state index contributed by atoms with van der Waals surface area (Å²) in [4.78, 5) is 41.6. The Labute approximate surface area is 191 Å². The van der Waals surface area contributed by atoms with Gasteiger partial charge in [-0.2, -0.15) is 0 Å². The minimum atomic E-state index is -0.834. The average molecular weight is 457 g/mol. The van der Waals surface area contributed by atoms with E-state index in [1.807, 2.05) is 24.3 Å². The molecule has 9 heteroatoms. The second-order valence-electron chi connectivity index (χ2n) is 7.91. The first-order valence-electron chi connectivity index (χ1n) is 10.6. The van der Waals surface area contributed by atoms with Crippen molar-refractivity contribution >= 4 is 40.9 Å². The topological polar surface area (TPSA) is 96.2 Å². The van der Waals surface area contributed by atoms with Gasteiger partial charge in [-0.25, -0.2) is 14.5 Å². The zero-order valence-electron chi connectivity index (χ0n) is 17.6. The molecule has 0 saturated carbocycles. The van der Waals surface area contributed by atoms with Crippen LogP contribution in [0.25, 0.3) is 0 Å². The number of ether oxygens (including phenoxy) is 1. The minimum Gasteiger partial charge on any atom is -0.370 e. The highest BCUT2D eigenvalue weighted by Gasteiger charge is 2.31. The van der Waals surface area contributed by atoms with Gasteiger partial charge in [-0.1, -0.05) is 23.7 Å². The molecular formula is C23H25ClN4O4. The summed E-state index contributed by atoms with van der Waals surface area (Å²) in [5, 5.41) is 0.505. The lowest BCUT2D eigenvalue weighted by molar-refractivity contribution is -0.125. The number of nitrogens with zero attached hydrogens (tertiary/aromatic N) is 3. The number of carbonyl (C=O) groups excluding carboxylic acids is 3. The van der Waals surface area contributed by atoms with Gasteiger partial charge in [0.05, 0.1) is 12.3 Å². The molecule has 2 fully saturated rings. The number of hydrogen-bond acceptors (Lipinski definition) is 4. The number of hydrogen-bond donors (Lipinski definition) is 1. The standard InChI is InChI=1S/C23H25ClN4O4/c24-18-5-9-20(10-6-18)28(22(25)30)23(31)26-11-1-2-17(14-26)16-3-7-19(8-4-16)27-12-13-32-15-21(27)29/h3-10,17H,1-2,11-15H2,(H2,25,30). The molecule has 1 unspecified atom stereocenters. The van der Waals surface area contributed by atoms with E-state index in [9.17, 15) is 14.4 Å². The maximum Gasteiger partial charge on any atom is 0.332 e. The summed E-state index contributed by atoms with van der Waals surface area (Å²) in [6.07, 6.45) is 1.74. The number of morpholine rings is 1. The summed E-state index contributed by atoms with van der Waals surface area (Å²) >= 11 is 5.92. The second-order valence-corrected chi connectivity index (χ2v) is 8.34. The molecule has 0 radical (unpaired) electrons. The van der Waals surface area contributed by atoms with Gasteiger partial charge in [0.1, 0.15) is 6.61 Å². The zero-order chi connectivity index (χ0) is 22.7. The van der Waals surface area contributed by atoms with Crippen molar-refractivity contribution in [1.82, 2.24) is 4.90 Å². The molecule has 2 N–H and O–H groups in total. The van der Waals surface area contributed by atoms with E-state index in [2.05, 4.69) is 0 Å². The van der Waals surface area contributed by atoms with E-state index in [0.29, 0.717) is 37.0 Å². The lowest BCUT2D eigenvalue weighted by atomic mass is 9.90. The summed E-state index contributed by atoms with van der Waals surface area (Å²) in [5.41, 5.74) is 7.84. The Morgan fingerprint density at radius 2 is 1.78 bits per heavy atom. The van der Waals surface area contributed by atoms with E-state index < -0.39 is 12.1 Å². The number of halogens is 1. The number of nitrogens with two attached hydrogens (primary N) is 1. The van der Waals surface area contributed by atoms with E-state index in [0.717, 1.165) is 29.0 Å². The smallest absolute Gasteiger partial charge is 0.332 e. The van der Waals surface area contributed by atoms with Crippen molar-refractivity contribution in [2.45, 2.75) is 18.8 Å². The number of rotatable bonds is 3. The summed E-state index contributed by atoms with van der Waals surface area (Å²) in [7, 11) is 0. The minimum absolute atomic E-state index is 0.0489. The third-order valence-corrected chi connectivity index (χ3v) is 6.10. The van der Waals surface area contributed by atoms with Crippen LogP contribution in [0.1, 0.15) is 24.3 Å². The van der Waals surface area contributed by atoms with Gasteiger partial charge in [-0.15, -0.1) is 0 Å². The van der Waals surface area contributed by atoms with Crippen LogP contribution in [0.5, 0.6) is 0 Å². The van der Waals surface area contributed by atoms with Crippen molar-refractivity contribution in [3.8, 4) is 0 Å². The highest BCUT2D eigenvalue weighted by atomic mass is 35.5. The number of carbonyl (C=O) groups is 3. The summed E-state index contributed by atoms with van der Waals surface area (Å²) < 4.78 is 5.19. The molecule has 168 valence electrons. The Morgan fingerprint density at radius 3 is 2.44 bits per heavy atom. The van der Waals surface area contributed by atoms with Crippen LogP contribution >= 0.6 is 11.6 Å². The van der Waals surface area contributed by atoms with Crippen molar-refractivity contribution in [3.05, 3.63) is 59.1 Å². The molecular weight excluding hydrogens is 432 g/mol. The van der Waals surface area contributed by atoms with Crippen LogP contribution in [0.4, 0.5) is 21.0 Å². The average Bonchev–Trinajstić information content (AvgIpc) is 2.81. The fraction of sp³-hybridized carbons (Fsp3) is 0.348. The Balaban J connectivity index is 1.47. The van der Waals surface area contributed by atoms with Crippen molar-refractivity contribution in [2.24, 2.45) is 5.73 Å². The normalized spacial score (nSPS) is 19.0. The van der Waals surface area contributed by atoms with Gasteiger partial charge < -0.3 is 20.3 Å². The van der Waals surface area contributed by atoms with Gasteiger partial charge in [0, 0.05) is 36.3 Å². The lowest BCUT2D eigenvalue weighted by Gasteiger charge is -2.35. The van der Waals surface area contributed by atoms with Gasteiger partial charge in [-0.3, -0.25) is 4.79 Å². The molecule has 2 aliphatic heterocycles. The molecule has 2 saturated heterocycles. The molecule has 0 aliphatic carbocycles. The Morgan fingerprint density at radius 1 is 1.06 bits per heavy atom. The maximum absolute atomic E-state index is 13.2. The van der Waals surface area contributed by atoms with Gasteiger partial charge in [-0.05, 0) is 54.8 Å². The van der Waals surface area contributed by atoms with Crippen LogP contribution in [-0.4, -0.2) is 55.7 Å². The molecule has 4 rings (SSSR count). The molecule has 2 aromatic rings. The van der Waals surface area contributed by atoms with E-state index in [4.69, 9.17) is 22.1 Å². The van der Waals surface area contributed by atoms with Crippen LogP contribution in [0.3, 0.4) is 0 Å². The van der Waals surface area contributed by atoms with E-state index in [1.165, 1.54) is 0 Å². The molecule has 1 atom stereocenters. The van der Waals surface area contributed by atoms with E-state index in [1.54, 1.807) is 34.1 Å². The second kappa shape index (κ2) is 9.58. The van der Waals surface area contributed by atoms with Crippen LogP contribution in [0.15, 0.2) is 48.5 Å². The first kappa shape index (κ1) is 22.1. The van der Waals surface area contributed by atoms with Gasteiger partial charge in [0.15, 0.2) is 0 Å². The van der Waals surface area contributed by atoms with E-state index in [-0.39, 0.29) is 18.4 Å². The molecule has 8 nitrogen and oxygen atoms in total. The van der Waals surface area contributed by atoms with Gasteiger partial charge in [0.2, 0.25) is 0 Å². The fourth-order valence-electron chi connectivity index (χ4n) is 4.20. The number of imide groups is 1. The molecule has 0 bridgehead atoms. The highest BCUT2D eigenvalue weighted by Crippen LogP contribution is 2.30. The highest BCUT2D eigenvalue weighted by molar-refractivity contribution is 6.30. The van der Waals surface area contributed by atoms with E-state index >= 15 is 0 Å². The summed E-state index contributed by atoms with van der Waals surface area (Å²) in [6.45, 7) is 2.19. The first-order chi connectivity index (χ1) is 15.4. The Hall–Kier alpha value is -3.10. The van der Waals surface area contributed by atoms with Crippen molar-refractivity contribution in [2.75, 3.05) is 42.6 Å². The fourth-order valence-corrected chi connectivity index (χ4v) is 4.33. The summed E-state index contributed by atoms with van der Waals surface area (Å²) in [6, 6.07) is 13.0. The number of urea groups is 2. The molecule has 32 heavy (non-hydrogen) atoms. The number of anilines is 2. The molecule has 2 aromatic carbocycles. The predicted molar refractivity (Wildman–Crippen MR) is 122 cm³/mol. The summed E-state index contributed by atoms with van der Waals surface area (Å²) in [5.74, 6) is 0.0780. The number of benzene rings is 2. The largest absolute Gasteiger partial charge is 0.370 e. The zero-order valence-corrected chi connectivity index (χ0v) is 18.3. The Bertz CT molecular complexity index is 996. The quantitative estimate of drug-likeness (QED) is 0.763.